The normalized spacial score (nSPS) is 10.7. The number of ether oxygens (including phenoxy) is 2. The molecular weight excluding hydrogens is 286 g/mol. The molecular formula is C15H21N3O2S. The molecule has 1 heterocycles. The van der Waals surface area contributed by atoms with Gasteiger partial charge in [-0.25, -0.2) is 0 Å². The van der Waals surface area contributed by atoms with E-state index >= 15 is 0 Å². The van der Waals surface area contributed by atoms with Crippen molar-refractivity contribution in [3.8, 4) is 11.5 Å². The van der Waals surface area contributed by atoms with Gasteiger partial charge >= 0.3 is 0 Å². The topological polar surface area (TPSA) is 60.6 Å². The van der Waals surface area contributed by atoms with Crippen LogP contribution < -0.4 is 20.1 Å². The number of methoxy groups -OCH3 is 1. The minimum atomic E-state index is 0.0665. The summed E-state index contributed by atoms with van der Waals surface area (Å²) in [6.07, 6.45) is 0.0665. The van der Waals surface area contributed by atoms with Crippen molar-refractivity contribution < 1.29 is 9.47 Å². The van der Waals surface area contributed by atoms with E-state index in [0.717, 1.165) is 17.3 Å². The Labute approximate surface area is 129 Å². The highest BCUT2D eigenvalue weighted by Gasteiger charge is 2.18. The molecule has 114 valence electrons. The minimum absolute atomic E-state index is 0.0665. The molecule has 0 aliphatic rings. The summed E-state index contributed by atoms with van der Waals surface area (Å²) in [5, 5.41) is 0.942. The van der Waals surface area contributed by atoms with Crippen LogP contribution in [-0.2, 0) is 6.54 Å². The number of nitrogen functional groups attached to an aromatic ring is 1. The van der Waals surface area contributed by atoms with Gasteiger partial charge in [0.1, 0.15) is 5.75 Å². The third-order valence-corrected chi connectivity index (χ3v) is 3.89. The molecule has 0 saturated carbocycles. The highest BCUT2D eigenvalue weighted by molar-refractivity contribution is 7.11. The predicted octanol–water partition coefficient (Wildman–Crippen LogP) is 3.16. The summed E-state index contributed by atoms with van der Waals surface area (Å²) in [5.41, 5.74) is 7.07. The molecule has 2 rings (SSSR count). The lowest BCUT2D eigenvalue weighted by atomic mass is 10.2. The number of nitrogens with two attached hydrogens (primary N) is 1. The van der Waals surface area contributed by atoms with Gasteiger partial charge in [0.15, 0.2) is 16.6 Å². The van der Waals surface area contributed by atoms with E-state index < -0.39 is 0 Å². The third kappa shape index (κ3) is 3.78. The van der Waals surface area contributed by atoms with Crippen molar-refractivity contribution in [3.63, 3.8) is 0 Å². The Bertz CT molecular complexity index is 581. The van der Waals surface area contributed by atoms with Gasteiger partial charge in [0.2, 0.25) is 0 Å². The van der Waals surface area contributed by atoms with Crippen molar-refractivity contribution in [2.75, 3.05) is 24.8 Å². The molecule has 6 heteroatoms. The predicted molar refractivity (Wildman–Crippen MR) is 87.4 cm³/mol. The molecule has 0 aliphatic carbocycles. The summed E-state index contributed by atoms with van der Waals surface area (Å²) in [7, 11) is 3.67. The van der Waals surface area contributed by atoms with Gasteiger partial charge in [0.05, 0.1) is 13.2 Å². The molecule has 5 nitrogen and oxygen atoms in total. The van der Waals surface area contributed by atoms with Crippen molar-refractivity contribution in [2.45, 2.75) is 26.5 Å². The summed E-state index contributed by atoms with van der Waals surface area (Å²) in [6.45, 7) is 4.70. The van der Waals surface area contributed by atoms with Crippen LogP contribution in [0.2, 0.25) is 0 Å². The zero-order chi connectivity index (χ0) is 15.4. The maximum absolute atomic E-state index is 5.89. The van der Waals surface area contributed by atoms with Gasteiger partial charge in [-0.3, -0.25) is 0 Å². The van der Waals surface area contributed by atoms with Gasteiger partial charge < -0.3 is 20.1 Å². The number of hydrogen-bond acceptors (Lipinski definition) is 6. The lowest BCUT2D eigenvalue weighted by molar-refractivity contribution is 0.245. The van der Waals surface area contributed by atoms with Crippen LogP contribution in [-0.4, -0.2) is 24.6 Å². The van der Waals surface area contributed by atoms with Crippen molar-refractivity contribution >= 4 is 22.4 Å². The molecule has 0 amide bonds. The van der Waals surface area contributed by atoms with Crippen LogP contribution in [0.25, 0.3) is 0 Å². The number of nitrogens with zero attached hydrogens (tertiary/aromatic N) is 2. The van der Waals surface area contributed by atoms with Crippen molar-refractivity contribution in [1.82, 2.24) is 4.37 Å². The van der Waals surface area contributed by atoms with E-state index in [4.69, 9.17) is 15.2 Å². The number of hydrogen-bond donors (Lipinski definition) is 1. The first-order chi connectivity index (χ1) is 10.0. The first-order valence-electron chi connectivity index (χ1n) is 6.77. The number of aromatic nitrogens is 1. The summed E-state index contributed by atoms with van der Waals surface area (Å²) in [6, 6.07) is 8.00. The van der Waals surface area contributed by atoms with Crippen molar-refractivity contribution in [3.05, 3.63) is 29.8 Å². The average molecular weight is 307 g/mol. The Morgan fingerprint density at radius 1 is 1.29 bits per heavy atom. The fraction of sp³-hybridized carbons (Fsp3) is 0.400. The molecule has 0 unspecified atom stereocenters. The molecule has 0 atom stereocenters. The Balaban J connectivity index is 2.14. The van der Waals surface area contributed by atoms with Crippen LogP contribution in [0.3, 0.4) is 0 Å². The van der Waals surface area contributed by atoms with Crippen molar-refractivity contribution in [1.29, 1.82) is 0 Å². The largest absolute Gasteiger partial charge is 0.497 e. The number of rotatable bonds is 6. The SMILES string of the molecule is COc1ccc(CN(C)c2snc(N)c2OC(C)C)cc1. The first-order valence-corrected chi connectivity index (χ1v) is 7.54. The summed E-state index contributed by atoms with van der Waals surface area (Å²) >= 11 is 1.35. The second-order valence-corrected chi connectivity index (χ2v) is 5.82. The fourth-order valence-electron chi connectivity index (χ4n) is 1.95. The standard InChI is InChI=1S/C15H21N3O2S/c1-10(2)20-13-14(16)17-21-15(13)18(3)9-11-5-7-12(19-4)8-6-11/h5-8,10H,9H2,1-4H3,(H2,16,17). The molecule has 2 aromatic rings. The van der Waals surface area contributed by atoms with E-state index in [-0.39, 0.29) is 6.10 Å². The molecule has 0 radical (unpaired) electrons. The van der Waals surface area contributed by atoms with E-state index in [9.17, 15) is 0 Å². The maximum atomic E-state index is 5.89. The first kappa shape index (κ1) is 15.4. The zero-order valence-corrected chi connectivity index (χ0v) is 13.6. The lowest BCUT2D eigenvalue weighted by Gasteiger charge is -2.20. The van der Waals surface area contributed by atoms with Gasteiger partial charge in [-0.1, -0.05) is 12.1 Å². The summed E-state index contributed by atoms with van der Waals surface area (Å²) in [5.74, 6) is 1.98. The fourth-order valence-corrected chi connectivity index (χ4v) is 2.66. The van der Waals surface area contributed by atoms with Crippen LogP contribution in [0.5, 0.6) is 11.5 Å². The molecule has 0 spiro atoms. The lowest BCUT2D eigenvalue weighted by Crippen LogP contribution is -2.17. The smallest absolute Gasteiger partial charge is 0.198 e. The van der Waals surface area contributed by atoms with Crippen LogP contribution in [0.15, 0.2) is 24.3 Å². The average Bonchev–Trinajstić information content (AvgIpc) is 2.80. The Hall–Kier alpha value is -1.95. The van der Waals surface area contributed by atoms with Crippen LogP contribution >= 0.6 is 11.5 Å². The molecule has 0 fully saturated rings. The van der Waals surface area contributed by atoms with E-state index in [1.807, 2.05) is 45.2 Å². The van der Waals surface area contributed by atoms with Crippen LogP contribution in [0.4, 0.5) is 10.8 Å². The Kier molecular flexibility index (Phi) is 4.90. The van der Waals surface area contributed by atoms with Gasteiger partial charge in [-0.05, 0) is 43.1 Å². The van der Waals surface area contributed by atoms with E-state index in [1.165, 1.54) is 17.1 Å². The van der Waals surface area contributed by atoms with Crippen LogP contribution in [0.1, 0.15) is 19.4 Å². The highest BCUT2D eigenvalue weighted by Crippen LogP contribution is 2.38. The third-order valence-electron chi connectivity index (χ3n) is 2.94. The molecule has 0 bridgehead atoms. The van der Waals surface area contributed by atoms with Gasteiger partial charge in [0.25, 0.3) is 0 Å². The molecule has 2 N–H and O–H groups in total. The van der Waals surface area contributed by atoms with Gasteiger partial charge in [-0.15, -0.1) is 0 Å². The second kappa shape index (κ2) is 6.67. The molecule has 1 aromatic heterocycles. The van der Waals surface area contributed by atoms with Crippen molar-refractivity contribution in [2.24, 2.45) is 0 Å². The number of anilines is 2. The van der Waals surface area contributed by atoms with Gasteiger partial charge in [-0.2, -0.15) is 4.37 Å². The maximum Gasteiger partial charge on any atom is 0.198 e. The monoisotopic (exact) mass is 307 g/mol. The highest BCUT2D eigenvalue weighted by atomic mass is 32.1. The molecule has 1 aromatic carbocycles. The zero-order valence-electron chi connectivity index (χ0n) is 12.8. The Morgan fingerprint density at radius 3 is 2.52 bits per heavy atom. The minimum Gasteiger partial charge on any atom is -0.497 e. The summed E-state index contributed by atoms with van der Waals surface area (Å²) < 4.78 is 15.1. The number of benzene rings is 1. The molecule has 21 heavy (non-hydrogen) atoms. The molecule has 0 saturated heterocycles. The van der Waals surface area contributed by atoms with Crippen LogP contribution in [0, 0.1) is 0 Å². The summed E-state index contributed by atoms with van der Waals surface area (Å²) in [4.78, 5) is 2.09. The van der Waals surface area contributed by atoms with Gasteiger partial charge in [0, 0.05) is 13.6 Å². The quantitative estimate of drug-likeness (QED) is 0.888. The van der Waals surface area contributed by atoms with E-state index in [2.05, 4.69) is 9.27 Å². The van der Waals surface area contributed by atoms with E-state index in [0.29, 0.717) is 11.6 Å². The molecule has 0 aliphatic heterocycles. The second-order valence-electron chi connectivity index (χ2n) is 5.07. The van der Waals surface area contributed by atoms with E-state index in [1.54, 1.807) is 7.11 Å². The Morgan fingerprint density at radius 2 is 1.95 bits per heavy atom.